The van der Waals surface area contributed by atoms with E-state index in [1.807, 2.05) is 0 Å². The number of rotatable bonds is 11. The van der Waals surface area contributed by atoms with Gasteiger partial charge in [-0.15, -0.1) is 0 Å². The van der Waals surface area contributed by atoms with E-state index in [2.05, 4.69) is 12.2 Å². The molecule has 0 fully saturated rings. The lowest BCUT2D eigenvalue weighted by Crippen LogP contribution is -2.42. The summed E-state index contributed by atoms with van der Waals surface area (Å²) >= 11 is 0. The minimum Gasteiger partial charge on any atom is -0.317 e. The number of hydrogen-bond donors (Lipinski definition) is 1. The highest BCUT2D eigenvalue weighted by Crippen LogP contribution is 2.04. The summed E-state index contributed by atoms with van der Waals surface area (Å²) in [7, 11) is -3.85. The van der Waals surface area contributed by atoms with Crippen molar-refractivity contribution < 1.29 is 16.8 Å². The van der Waals surface area contributed by atoms with Gasteiger partial charge >= 0.3 is 0 Å². The smallest absolute Gasteiger partial charge is 0.281 e. The van der Waals surface area contributed by atoms with Crippen LogP contribution >= 0.6 is 0 Å². The molecule has 0 aliphatic rings. The fourth-order valence-corrected chi connectivity index (χ4v) is 3.37. The van der Waals surface area contributed by atoms with Crippen LogP contribution in [0.15, 0.2) is 0 Å². The van der Waals surface area contributed by atoms with Gasteiger partial charge in [0.05, 0.1) is 5.75 Å². The maximum Gasteiger partial charge on any atom is 0.281 e. The highest BCUT2D eigenvalue weighted by molar-refractivity contribution is 7.90. The molecule has 0 aliphatic carbocycles. The summed E-state index contributed by atoms with van der Waals surface area (Å²) in [4.78, 5) is 0. The summed E-state index contributed by atoms with van der Waals surface area (Å²) in [5.41, 5.74) is 0. The van der Waals surface area contributed by atoms with Crippen LogP contribution in [-0.2, 0) is 20.0 Å². The fourth-order valence-electron chi connectivity index (χ4n) is 1.49. The van der Waals surface area contributed by atoms with E-state index in [0.29, 0.717) is 6.54 Å². The maximum atomic E-state index is 12.1. The van der Waals surface area contributed by atoms with Gasteiger partial charge in [-0.25, -0.2) is 8.42 Å². The third kappa shape index (κ3) is 8.15. The van der Waals surface area contributed by atoms with Crippen LogP contribution in [0, 0.1) is 0 Å². The quantitative estimate of drug-likeness (QED) is 0.518. The van der Waals surface area contributed by atoms with Crippen molar-refractivity contribution in [2.24, 2.45) is 0 Å². The van der Waals surface area contributed by atoms with Crippen molar-refractivity contribution in [1.82, 2.24) is 13.9 Å². The average molecular weight is 329 g/mol. The molecule has 0 radical (unpaired) electrons. The molecule has 7 nitrogen and oxygen atoms in total. The van der Waals surface area contributed by atoms with Gasteiger partial charge in [-0.1, -0.05) is 6.92 Å². The Bertz CT molecular complexity index is 462. The van der Waals surface area contributed by atoms with Crippen molar-refractivity contribution in [2.75, 3.05) is 52.3 Å². The first-order chi connectivity index (χ1) is 9.11. The second-order valence-corrected chi connectivity index (χ2v) is 9.29. The number of sulfone groups is 1. The first-order valence-corrected chi connectivity index (χ1v) is 10.1. The SMILES string of the molecule is CCCNCCCN(C)S(=O)(=O)N(C)CCS(C)(=O)=O. The van der Waals surface area contributed by atoms with Gasteiger partial charge in [0, 0.05) is 33.4 Å². The van der Waals surface area contributed by atoms with Crippen molar-refractivity contribution >= 4 is 20.0 Å². The summed E-state index contributed by atoms with van der Waals surface area (Å²) in [6.45, 7) is 4.13. The van der Waals surface area contributed by atoms with E-state index >= 15 is 0 Å². The van der Waals surface area contributed by atoms with E-state index in [4.69, 9.17) is 0 Å². The number of hydrogen-bond acceptors (Lipinski definition) is 5. The standard InChI is InChI=1S/C11H27N3O4S2/c1-5-7-12-8-6-9-13(2)20(17,18)14(3)10-11-19(4,15)16/h12H,5-11H2,1-4H3. The van der Waals surface area contributed by atoms with Crippen molar-refractivity contribution in [3.8, 4) is 0 Å². The van der Waals surface area contributed by atoms with Crippen LogP contribution in [0.4, 0.5) is 0 Å². The minimum atomic E-state index is -3.58. The number of nitrogens with one attached hydrogen (secondary N) is 1. The molecule has 0 aromatic carbocycles. The lowest BCUT2D eigenvalue weighted by Gasteiger charge is -2.24. The molecule has 0 amide bonds. The van der Waals surface area contributed by atoms with Gasteiger partial charge in [-0.05, 0) is 25.9 Å². The van der Waals surface area contributed by atoms with Crippen LogP contribution in [0.5, 0.6) is 0 Å². The van der Waals surface area contributed by atoms with Crippen LogP contribution < -0.4 is 5.32 Å². The Morgan fingerprint density at radius 1 is 0.950 bits per heavy atom. The summed E-state index contributed by atoms with van der Waals surface area (Å²) in [6.07, 6.45) is 2.86. The molecule has 20 heavy (non-hydrogen) atoms. The average Bonchev–Trinajstić information content (AvgIpc) is 2.34. The molecule has 0 bridgehead atoms. The fraction of sp³-hybridized carbons (Fsp3) is 1.00. The zero-order valence-corrected chi connectivity index (χ0v) is 14.4. The Morgan fingerprint density at radius 3 is 2.00 bits per heavy atom. The van der Waals surface area contributed by atoms with Gasteiger partial charge in [0.25, 0.3) is 10.2 Å². The normalized spacial score (nSPS) is 13.3. The Balaban J connectivity index is 4.25. The van der Waals surface area contributed by atoms with E-state index in [1.165, 1.54) is 18.4 Å². The van der Waals surface area contributed by atoms with Crippen LogP contribution in [-0.4, -0.2) is 77.7 Å². The molecule has 0 aromatic heterocycles. The van der Waals surface area contributed by atoms with Crippen LogP contribution in [0.25, 0.3) is 0 Å². The Kier molecular flexibility index (Phi) is 8.83. The van der Waals surface area contributed by atoms with Gasteiger partial charge in [-0.2, -0.15) is 17.0 Å². The van der Waals surface area contributed by atoms with E-state index in [9.17, 15) is 16.8 Å². The highest BCUT2D eigenvalue weighted by Gasteiger charge is 2.23. The second kappa shape index (κ2) is 8.93. The zero-order chi connectivity index (χ0) is 15.8. The molecule has 0 saturated heterocycles. The first-order valence-electron chi connectivity index (χ1n) is 6.67. The number of nitrogens with zero attached hydrogens (tertiary/aromatic N) is 2. The third-order valence-corrected chi connectivity index (χ3v) is 5.68. The molecule has 0 spiro atoms. The molecular formula is C11H27N3O4S2. The first kappa shape index (κ1) is 19.8. The van der Waals surface area contributed by atoms with Gasteiger partial charge < -0.3 is 5.32 Å². The van der Waals surface area contributed by atoms with Crippen molar-refractivity contribution in [3.05, 3.63) is 0 Å². The Hall–Kier alpha value is -0.220. The van der Waals surface area contributed by atoms with Crippen molar-refractivity contribution in [3.63, 3.8) is 0 Å². The predicted molar refractivity (Wildman–Crippen MR) is 81.7 cm³/mol. The van der Waals surface area contributed by atoms with Gasteiger partial charge in [-0.3, -0.25) is 0 Å². The van der Waals surface area contributed by atoms with Crippen molar-refractivity contribution in [2.45, 2.75) is 19.8 Å². The summed E-state index contributed by atoms with van der Waals surface area (Å²) in [5.74, 6) is -0.172. The maximum absolute atomic E-state index is 12.1. The molecule has 0 saturated carbocycles. The molecule has 0 unspecified atom stereocenters. The van der Waals surface area contributed by atoms with Crippen LogP contribution in [0.2, 0.25) is 0 Å². The van der Waals surface area contributed by atoms with Gasteiger partial charge in [0.15, 0.2) is 0 Å². The minimum absolute atomic E-state index is 0.0282. The van der Waals surface area contributed by atoms with Crippen LogP contribution in [0.1, 0.15) is 19.8 Å². The molecule has 0 atom stereocenters. The zero-order valence-electron chi connectivity index (χ0n) is 12.8. The third-order valence-electron chi connectivity index (χ3n) is 2.82. The van der Waals surface area contributed by atoms with Gasteiger partial charge in [0.1, 0.15) is 9.84 Å². The summed E-state index contributed by atoms with van der Waals surface area (Å²) in [6, 6.07) is 0. The van der Waals surface area contributed by atoms with Crippen molar-refractivity contribution in [1.29, 1.82) is 0 Å². The Labute approximate surface area is 123 Å². The van der Waals surface area contributed by atoms with E-state index in [-0.39, 0.29) is 12.3 Å². The summed E-state index contributed by atoms with van der Waals surface area (Å²) < 4.78 is 48.7. The van der Waals surface area contributed by atoms with Gasteiger partial charge in [0.2, 0.25) is 0 Å². The molecule has 122 valence electrons. The lowest BCUT2D eigenvalue weighted by molar-refractivity contribution is 0.394. The van der Waals surface area contributed by atoms with Crippen LogP contribution in [0.3, 0.4) is 0 Å². The molecular weight excluding hydrogens is 302 g/mol. The largest absolute Gasteiger partial charge is 0.317 e. The topological polar surface area (TPSA) is 86.8 Å². The second-order valence-electron chi connectivity index (χ2n) is 4.88. The van der Waals surface area contributed by atoms with E-state index in [0.717, 1.165) is 36.5 Å². The predicted octanol–water partition coefficient (Wildman–Crippen LogP) is -0.471. The van der Waals surface area contributed by atoms with E-state index in [1.54, 1.807) is 0 Å². The summed E-state index contributed by atoms with van der Waals surface area (Å²) in [5, 5.41) is 3.20. The molecule has 1 N–H and O–H groups in total. The Morgan fingerprint density at radius 2 is 1.50 bits per heavy atom. The molecule has 9 heteroatoms. The molecule has 0 aromatic rings. The lowest BCUT2D eigenvalue weighted by atomic mass is 10.4. The molecule has 0 heterocycles. The van der Waals surface area contributed by atoms with E-state index < -0.39 is 20.0 Å². The monoisotopic (exact) mass is 329 g/mol. The highest BCUT2D eigenvalue weighted by atomic mass is 32.2. The molecule has 0 aliphatic heterocycles. The molecule has 0 rings (SSSR count).